The Morgan fingerprint density at radius 2 is 2.14 bits per heavy atom. The molecule has 3 heterocycles. The van der Waals surface area contributed by atoms with E-state index in [1.807, 2.05) is 10.8 Å². The Morgan fingerprint density at radius 1 is 1.33 bits per heavy atom. The number of rotatable bonds is 4. The molecule has 2 fully saturated rings. The summed E-state index contributed by atoms with van der Waals surface area (Å²) >= 11 is 0. The lowest BCUT2D eigenvalue weighted by Crippen LogP contribution is -2.39. The fourth-order valence-electron chi connectivity index (χ4n) is 3.18. The molecule has 0 spiro atoms. The summed E-state index contributed by atoms with van der Waals surface area (Å²) in [6, 6.07) is -0.386. The van der Waals surface area contributed by atoms with Gasteiger partial charge in [-0.2, -0.15) is 0 Å². The number of hydrogen-bond donors (Lipinski definition) is 0. The molecule has 0 bridgehead atoms. The third kappa shape index (κ3) is 2.54. The van der Waals surface area contributed by atoms with Crippen LogP contribution in [0.4, 0.5) is 4.79 Å². The number of fused-ring (bicyclic) bond motifs is 1. The molecule has 1 aromatic heterocycles. The van der Waals surface area contributed by atoms with Crippen LogP contribution in [-0.4, -0.2) is 43.9 Å². The number of imidazole rings is 1. The molecule has 2 aliphatic heterocycles. The number of amides is 3. The van der Waals surface area contributed by atoms with Crippen molar-refractivity contribution in [3.05, 3.63) is 18.2 Å². The molecule has 0 aromatic carbocycles. The van der Waals surface area contributed by atoms with Crippen molar-refractivity contribution < 1.29 is 9.59 Å². The molecule has 2 aliphatic rings. The molecule has 2 saturated heterocycles. The van der Waals surface area contributed by atoms with Gasteiger partial charge in [0.05, 0.1) is 6.54 Å². The van der Waals surface area contributed by atoms with Crippen LogP contribution in [0.2, 0.25) is 0 Å². The number of carbonyl (C=O) groups excluding carboxylic acids is 2. The summed E-state index contributed by atoms with van der Waals surface area (Å²) in [5.74, 6) is 1.22. The van der Waals surface area contributed by atoms with Crippen molar-refractivity contribution in [2.75, 3.05) is 6.54 Å². The number of imide groups is 1. The van der Waals surface area contributed by atoms with Gasteiger partial charge in [0.25, 0.3) is 5.91 Å². The van der Waals surface area contributed by atoms with Crippen molar-refractivity contribution in [1.82, 2.24) is 19.4 Å². The minimum absolute atomic E-state index is 0.0567. The van der Waals surface area contributed by atoms with Gasteiger partial charge in [0.15, 0.2) is 0 Å². The lowest BCUT2D eigenvalue weighted by molar-refractivity contribution is -0.129. The van der Waals surface area contributed by atoms with Crippen molar-refractivity contribution in [3.8, 4) is 0 Å². The highest BCUT2D eigenvalue weighted by atomic mass is 16.2. The summed E-state index contributed by atoms with van der Waals surface area (Å²) in [4.78, 5) is 32.3. The number of aromatic nitrogens is 2. The van der Waals surface area contributed by atoms with Gasteiger partial charge in [0, 0.05) is 25.5 Å². The maximum absolute atomic E-state index is 12.4. The summed E-state index contributed by atoms with van der Waals surface area (Å²) in [7, 11) is 0. The standard InChI is InChI=1S/C15H22N4O2/c1-11(2)9-17-8-6-16-13(17)10-19-14(20)12-5-3-4-7-18(12)15(19)21/h6,8,11-12H,3-5,7,9-10H2,1-2H3. The second-order valence-electron chi connectivity index (χ2n) is 6.30. The molecule has 3 amide bonds. The van der Waals surface area contributed by atoms with Gasteiger partial charge in [-0.05, 0) is 25.2 Å². The van der Waals surface area contributed by atoms with Gasteiger partial charge in [0.2, 0.25) is 0 Å². The average Bonchev–Trinajstić information content (AvgIpc) is 2.98. The molecule has 1 aromatic rings. The molecule has 114 valence electrons. The van der Waals surface area contributed by atoms with Crippen molar-refractivity contribution in [1.29, 1.82) is 0 Å². The molecular formula is C15H22N4O2. The van der Waals surface area contributed by atoms with E-state index in [0.717, 1.165) is 31.6 Å². The lowest BCUT2D eigenvalue weighted by Gasteiger charge is -2.26. The first kappa shape index (κ1) is 14.1. The van der Waals surface area contributed by atoms with E-state index in [4.69, 9.17) is 0 Å². The van der Waals surface area contributed by atoms with E-state index in [9.17, 15) is 9.59 Å². The van der Waals surface area contributed by atoms with Gasteiger partial charge in [-0.3, -0.25) is 9.69 Å². The zero-order chi connectivity index (χ0) is 15.0. The van der Waals surface area contributed by atoms with Crippen molar-refractivity contribution in [2.45, 2.75) is 52.2 Å². The lowest BCUT2D eigenvalue weighted by atomic mass is 10.0. The highest BCUT2D eigenvalue weighted by molar-refractivity contribution is 6.04. The minimum Gasteiger partial charge on any atom is -0.333 e. The van der Waals surface area contributed by atoms with Crippen molar-refractivity contribution in [3.63, 3.8) is 0 Å². The van der Waals surface area contributed by atoms with Crippen LogP contribution in [0.1, 0.15) is 38.9 Å². The number of nitrogens with zero attached hydrogens (tertiary/aromatic N) is 4. The average molecular weight is 290 g/mol. The monoisotopic (exact) mass is 290 g/mol. The van der Waals surface area contributed by atoms with E-state index in [2.05, 4.69) is 18.8 Å². The Hall–Kier alpha value is -1.85. The van der Waals surface area contributed by atoms with Crippen molar-refractivity contribution in [2.24, 2.45) is 5.92 Å². The van der Waals surface area contributed by atoms with Crippen LogP contribution < -0.4 is 0 Å². The molecule has 6 heteroatoms. The van der Waals surface area contributed by atoms with Gasteiger partial charge in [-0.1, -0.05) is 13.8 Å². The predicted molar refractivity (Wildman–Crippen MR) is 77.4 cm³/mol. The fourth-order valence-corrected chi connectivity index (χ4v) is 3.18. The molecule has 3 rings (SSSR count). The Bertz CT molecular complexity index is 528. The van der Waals surface area contributed by atoms with E-state index < -0.39 is 0 Å². The molecule has 0 saturated carbocycles. The van der Waals surface area contributed by atoms with Crippen LogP contribution in [0, 0.1) is 5.92 Å². The molecule has 6 nitrogen and oxygen atoms in total. The SMILES string of the molecule is CC(C)Cn1ccnc1CN1C(=O)C2CCCCN2C1=O. The van der Waals surface area contributed by atoms with Crippen molar-refractivity contribution >= 4 is 11.9 Å². The Kier molecular flexibility index (Phi) is 3.69. The van der Waals surface area contributed by atoms with Gasteiger partial charge < -0.3 is 9.47 Å². The normalized spacial score (nSPS) is 22.3. The topological polar surface area (TPSA) is 58.4 Å². The Balaban J connectivity index is 1.77. The van der Waals surface area contributed by atoms with E-state index >= 15 is 0 Å². The van der Waals surface area contributed by atoms with E-state index in [0.29, 0.717) is 12.5 Å². The molecule has 21 heavy (non-hydrogen) atoms. The third-order valence-electron chi connectivity index (χ3n) is 4.19. The molecule has 1 atom stereocenters. The number of hydrogen-bond acceptors (Lipinski definition) is 3. The fraction of sp³-hybridized carbons (Fsp3) is 0.667. The van der Waals surface area contributed by atoms with Crippen LogP contribution >= 0.6 is 0 Å². The minimum atomic E-state index is -0.236. The quantitative estimate of drug-likeness (QED) is 0.795. The zero-order valence-corrected chi connectivity index (χ0v) is 12.7. The predicted octanol–water partition coefficient (Wildman–Crippen LogP) is 1.86. The number of carbonyl (C=O) groups is 2. The smallest absolute Gasteiger partial charge is 0.327 e. The molecule has 0 radical (unpaired) electrons. The first-order valence-corrected chi connectivity index (χ1v) is 7.70. The van der Waals surface area contributed by atoms with Crippen LogP contribution in [0.25, 0.3) is 0 Å². The second-order valence-corrected chi connectivity index (χ2v) is 6.30. The first-order valence-electron chi connectivity index (χ1n) is 7.70. The van der Waals surface area contributed by atoms with Crippen LogP contribution in [0.3, 0.4) is 0 Å². The van der Waals surface area contributed by atoms with Crippen LogP contribution in [0.5, 0.6) is 0 Å². The summed E-state index contributed by atoms with van der Waals surface area (Å²) in [6.07, 6.45) is 6.45. The van der Waals surface area contributed by atoms with Gasteiger partial charge >= 0.3 is 6.03 Å². The second kappa shape index (κ2) is 5.50. The van der Waals surface area contributed by atoms with Gasteiger partial charge in [-0.25, -0.2) is 9.78 Å². The third-order valence-corrected chi connectivity index (χ3v) is 4.19. The largest absolute Gasteiger partial charge is 0.333 e. The molecule has 1 unspecified atom stereocenters. The summed E-state index contributed by atoms with van der Waals surface area (Å²) in [5.41, 5.74) is 0. The molecule has 0 N–H and O–H groups in total. The first-order chi connectivity index (χ1) is 10.1. The van der Waals surface area contributed by atoms with E-state index in [1.54, 1.807) is 11.1 Å². The Labute approximate surface area is 124 Å². The summed E-state index contributed by atoms with van der Waals surface area (Å²) in [6.45, 7) is 6.10. The summed E-state index contributed by atoms with van der Waals surface area (Å²) in [5, 5.41) is 0. The maximum atomic E-state index is 12.4. The molecule has 0 aliphatic carbocycles. The van der Waals surface area contributed by atoms with Gasteiger partial charge in [0.1, 0.15) is 11.9 Å². The van der Waals surface area contributed by atoms with E-state index in [-0.39, 0.29) is 24.5 Å². The number of piperidine rings is 1. The molecular weight excluding hydrogens is 268 g/mol. The zero-order valence-electron chi connectivity index (χ0n) is 12.7. The Morgan fingerprint density at radius 3 is 2.86 bits per heavy atom. The maximum Gasteiger partial charge on any atom is 0.327 e. The highest BCUT2D eigenvalue weighted by Crippen LogP contribution is 2.27. The van der Waals surface area contributed by atoms with E-state index in [1.165, 1.54) is 4.90 Å². The summed E-state index contributed by atoms with van der Waals surface area (Å²) < 4.78 is 2.03. The highest BCUT2D eigenvalue weighted by Gasteiger charge is 2.46. The van der Waals surface area contributed by atoms with Gasteiger partial charge in [-0.15, -0.1) is 0 Å². The van der Waals surface area contributed by atoms with Crippen LogP contribution in [0.15, 0.2) is 12.4 Å². The number of urea groups is 1. The van der Waals surface area contributed by atoms with Crippen LogP contribution in [-0.2, 0) is 17.9 Å².